The summed E-state index contributed by atoms with van der Waals surface area (Å²) in [5, 5.41) is 0. The average molecular weight is 261 g/mol. The quantitative estimate of drug-likeness (QED) is 0.872. The van der Waals surface area contributed by atoms with Crippen LogP contribution >= 0.6 is 0 Å². The Kier molecular flexibility index (Phi) is 4.93. The minimum Gasteiger partial charge on any atom is -0.340 e. The molecule has 2 rings (SSSR count). The Morgan fingerprint density at radius 2 is 1.95 bits per heavy atom. The average Bonchev–Trinajstić information content (AvgIpc) is 2.64. The summed E-state index contributed by atoms with van der Waals surface area (Å²) < 4.78 is 0. The normalized spacial score (nSPS) is 18.9. The van der Waals surface area contributed by atoms with Crippen molar-refractivity contribution >= 4 is 5.91 Å². The van der Waals surface area contributed by atoms with E-state index in [1.807, 2.05) is 35.2 Å². The summed E-state index contributed by atoms with van der Waals surface area (Å²) in [5.74, 6) is 0.0825. The lowest BCUT2D eigenvalue weighted by molar-refractivity contribution is -0.132. The smallest absolute Gasteiger partial charge is 0.239 e. The van der Waals surface area contributed by atoms with Crippen molar-refractivity contribution in [1.29, 1.82) is 0 Å². The van der Waals surface area contributed by atoms with E-state index < -0.39 is 6.04 Å². The molecule has 0 bridgehead atoms. The van der Waals surface area contributed by atoms with E-state index in [2.05, 4.69) is 11.9 Å². The zero-order valence-electron chi connectivity index (χ0n) is 11.6. The molecule has 1 amide bonds. The van der Waals surface area contributed by atoms with Gasteiger partial charge in [0.2, 0.25) is 5.91 Å². The fourth-order valence-corrected chi connectivity index (χ4v) is 2.46. The van der Waals surface area contributed by atoms with E-state index in [1.54, 1.807) is 0 Å². The van der Waals surface area contributed by atoms with Crippen LogP contribution in [0.25, 0.3) is 0 Å². The van der Waals surface area contributed by atoms with Crippen molar-refractivity contribution < 1.29 is 4.79 Å². The molecule has 4 nitrogen and oxygen atoms in total. The van der Waals surface area contributed by atoms with Crippen molar-refractivity contribution in [2.75, 3.05) is 33.2 Å². The summed E-state index contributed by atoms with van der Waals surface area (Å²) >= 11 is 0. The number of carbonyl (C=O) groups excluding carboxylic acids is 1. The van der Waals surface area contributed by atoms with Gasteiger partial charge in [-0.1, -0.05) is 30.3 Å². The zero-order valence-corrected chi connectivity index (χ0v) is 11.6. The van der Waals surface area contributed by atoms with Crippen molar-refractivity contribution in [2.24, 2.45) is 5.73 Å². The second-order valence-electron chi connectivity index (χ2n) is 5.28. The fourth-order valence-electron chi connectivity index (χ4n) is 2.46. The number of nitrogens with zero attached hydrogens (tertiary/aromatic N) is 2. The van der Waals surface area contributed by atoms with Crippen LogP contribution in [0.15, 0.2) is 30.3 Å². The van der Waals surface area contributed by atoms with Crippen LogP contribution in [0.1, 0.15) is 12.0 Å². The second-order valence-corrected chi connectivity index (χ2v) is 5.28. The maximum absolute atomic E-state index is 12.3. The monoisotopic (exact) mass is 261 g/mol. The van der Waals surface area contributed by atoms with Crippen LogP contribution in [0, 0.1) is 0 Å². The van der Waals surface area contributed by atoms with Crippen molar-refractivity contribution in [3.8, 4) is 0 Å². The Hall–Kier alpha value is -1.39. The van der Waals surface area contributed by atoms with Gasteiger partial charge in [0.15, 0.2) is 0 Å². The number of hydrogen-bond donors (Lipinski definition) is 1. The van der Waals surface area contributed by atoms with E-state index >= 15 is 0 Å². The van der Waals surface area contributed by atoms with E-state index in [9.17, 15) is 4.79 Å². The molecule has 0 aromatic heterocycles. The standard InChI is InChI=1S/C15H23N3O/c1-17-8-5-9-18(11-10-17)15(19)14(16)12-13-6-3-2-4-7-13/h2-4,6-7,14H,5,8-12,16H2,1H3. The molecular weight excluding hydrogens is 238 g/mol. The number of nitrogens with two attached hydrogens (primary N) is 1. The van der Waals surface area contributed by atoms with Crippen LogP contribution in [-0.4, -0.2) is 55.0 Å². The molecule has 0 aliphatic carbocycles. The summed E-state index contributed by atoms with van der Waals surface area (Å²) in [7, 11) is 2.10. The molecule has 2 N–H and O–H groups in total. The molecule has 0 spiro atoms. The van der Waals surface area contributed by atoms with Crippen LogP contribution in [0.4, 0.5) is 0 Å². The minimum atomic E-state index is -0.425. The van der Waals surface area contributed by atoms with Gasteiger partial charge < -0.3 is 15.5 Å². The van der Waals surface area contributed by atoms with Crippen LogP contribution in [-0.2, 0) is 11.2 Å². The minimum absolute atomic E-state index is 0.0825. The molecule has 4 heteroatoms. The van der Waals surface area contributed by atoms with E-state index in [0.717, 1.165) is 38.2 Å². The van der Waals surface area contributed by atoms with Crippen molar-refractivity contribution in [3.63, 3.8) is 0 Å². The fraction of sp³-hybridized carbons (Fsp3) is 0.533. The number of likely N-dealkylation sites (N-methyl/N-ethyl adjacent to an activating group) is 1. The molecule has 1 aromatic carbocycles. The van der Waals surface area contributed by atoms with Crippen LogP contribution < -0.4 is 5.73 Å². The van der Waals surface area contributed by atoms with Gasteiger partial charge in [-0.15, -0.1) is 0 Å². The molecule has 1 saturated heterocycles. The third-order valence-electron chi connectivity index (χ3n) is 3.65. The Bertz CT molecular complexity index is 407. The predicted octanol–water partition coefficient (Wildman–Crippen LogP) is 0.721. The highest BCUT2D eigenvalue weighted by molar-refractivity contribution is 5.82. The molecular formula is C15H23N3O. The van der Waals surface area contributed by atoms with Gasteiger partial charge in [0.05, 0.1) is 6.04 Å². The van der Waals surface area contributed by atoms with Gasteiger partial charge in [-0.05, 0) is 32.0 Å². The van der Waals surface area contributed by atoms with Crippen molar-refractivity contribution in [2.45, 2.75) is 18.9 Å². The molecule has 1 aliphatic heterocycles. The van der Waals surface area contributed by atoms with E-state index in [0.29, 0.717) is 6.42 Å². The highest BCUT2D eigenvalue weighted by atomic mass is 16.2. The van der Waals surface area contributed by atoms with Crippen LogP contribution in [0.5, 0.6) is 0 Å². The molecule has 0 saturated carbocycles. The third kappa shape index (κ3) is 4.04. The van der Waals surface area contributed by atoms with Gasteiger partial charge in [-0.3, -0.25) is 4.79 Å². The summed E-state index contributed by atoms with van der Waals surface area (Å²) in [6, 6.07) is 9.54. The summed E-state index contributed by atoms with van der Waals surface area (Å²) in [5.41, 5.74) is 7.18. The molecule has 0 radical (unpaired) electrons. The molecule has 1 aliphatic rings. The Balaban J connectivity index is 1.91. The maximum atomic E-state index is 12.3. The molecule has 1 aromatic rings. The first kappa shape index (κ1) is 14.0. The number of benzene rings is 1. The number of rotatable bonds is 3. The van der Waals surface area contributed by atoms with Crippen LogP contribution in [0.3, 0.4) is 0 Å². The lowest BCUT2D eigenvalue weighted by Crippen LogP contribution is -2.46. The second kappa shape index (κ2) is 6.68. The molecule has 19 heavy (non-hydrogen) atoms. The van der Waals surface area contributed by atoms with Crippen molar-refractivity contribution in [3.05, 3.63) is 35.9 Å². The summed E-state index contributed by atoms with van der Waals surface area (Å²) in [6.45, 7) is 3.60. The first-order valence-electron chi connectivity index (χ1n) is 6.93. The van der Waals surface area contributed by atoms with E-state index in [-0.39, 0.29) is 5.91 Å². The Morgan fingerprint density at radius 1 is 1.21 bits per heavy atom. The number of carbonyl (C=O) groups is 1. The molecule has 1 heterocycles. The van der Waals surface area contributed by atoms with E-state index in [4.69, 9.17) is 5.73 Å². The van der Waals surface area contributed by atoms with Crippen LogP contribution in [0.2, 0.25) is 0 Å². The highest BCUT2D eigenvalue weighted by Gasteiger charge is 2.22. The zero-order chi connectivity index (χ0) is 13.7. The summed E-state index contributed by atoms with van der Waals surface area (Å²) in [4.78, 5) is 16.5. The SMILES string of the molecule is CN1CCCN(C(=O)C(N)Cc2ccccc2)CC1. The van der Waals surface area contributed by atoms with Gasteiger partial charge in [0, 0.05) is 19.6 Å². The molecule has 1 atom stereocenters. The topological polar surface area (TPSA) is 49.6 Å². The van der Waals surface area contributed by atoms with Gasteiger partial charge in [-0.2, -0.15) is 0 Å². The Morgan fingerprint density at radius 3 is 2.68 bits per heavy atom. The van der Waals surface area contributed by atoms with E-state index in [1.165, 1.54) is 0 Å². The Labute approximate surface area is 115 Å². The maximum Gasteiger partial charge on any atom is 0.239 e. The number of hydrogen-bond acceptors (Lipinski definition) is 3. The van der Waals surface area contributed by atoms with Gasteiger partial charge in [-0.25, -0.2) is 0 Å². The first-order valence-corrected chi connectivity index (χ1v) is 6.93. The molecule has 1 unspecified atom stereocenters. The van der Waals surface area contributed by atoms with Gasteiger partial charge >= 0.3 is 0 Å². The van der Waals surface area contributed by atoms with Gasteiger partial charge in [0.25, 0.3) is 0 Å². The lowest BCUT2D eigenvalue weighted by atomic mass is 10.1. The highest BCUT2D eigenvalue weighted by Crippen LogP contribution is 2.07. The molecule has 104 valence electrons. The number of amides is 1. The van der Waals surface area contributed by atoms with Gasteiger partial charge in [0.1, 0.15) is 0 Å². The summed E-state index contributed by atoms with van der Waals surface area (Å²) in [6.07, 6.45) is 1.65. The first-order chi connectivity index (χ1) is 9.16. The van der Waals surface area contributed by atoms with Crippen molar-refractivity contribution in [1.82, 2.24) is 9.80 Å². The third-order valence-corrected chi connectivity index (χ3v) is 3.65. The largest absolute Gasteiger partial charge is 0.340 e. The predicted molar refractivity (Wildman–Crippen MR) is 76.8 cm³/mol. The lowest BCUT2D eigenvalue weighted by Gasteiger charge is -2.24. The molecule has 1 fully saturated rings.